The van der Waals surface area contributed by atoms with E-state index in [0.29, 0.717) is 5.15 Å². The van der Waals surface area contributed by atoms with Gasteiger partial charge in [-0.1, -0.05) is 29.3 Å². The van der Waals surface area contributed by atoms with Gasteiger partial charge in [0.2, 0.25) is 0 Å². The van der Waals surface area contributed by atoms with E-state index in [1.54, 1.807) is 6.07 Å². The Labute approximate surface area is 122 Å². The summed E-state index contributed by atoms with van der Waals surface area (Å²) in [4.78, 5) is 6.69. The summed E-state index contributed by atoms with van der Waals surface area (Å²) < 4.78 is 0. The van der Waals surface area contributed by atoms with Gasteiger partial charge in [0.15, 0.2) is 0 Å². The Kier molecular flexibility index (Phi) is 3.89. The zero-order chi connectivity index (χ0) is 13.2. The number of piperazine rings is 1. The lowest BCUT2D eigenvalue weighted by Gasteiger charge is -2.27. The molecule has 0 spiro atoms. The third-order valence-corrected chi connectivity index (χ3v) is 4.11. The Morgan fingerprint density at radius 2 is 1.89 bits per heavy atom. The van der Waals surface area contributed by atoms with Crippen molar-refractivity contribution in [3.63, 3.8) is 0 Å². The van der Waals surface area contributed by atoms with Gasteiger partial charge in [0.1, 0.15) is 5.15 Å². The Hall–Kier alpha value is -0.870. The molecule has 3 rings (SSSR count). The summed E-state index contributed by atoms with van der Waals surface area (Å²) in [6.07, 6.45) is 0. The molecule has 0 atom stereocenters. The lowest BCUT2D eigenvalue weighted by atomic mass is 10.1. The third-order valence-electron chi connectivity index (χ3n) is 3.46. The lowest BCUT2D eigenvalue weighted by Crippen LogP contribution is -2.42. The maximum absolute atomic E-state index is 6.49. The largest absolute Gasteiger partial charge is 0.314 e. The van der Waals surface area contributed by atoms with Crippen LogP contribution in [0.25, 0.3) is 10.9 Å². The fourth-order valence-corrected chi connectivity index (χ4v) is 2.86. The first-order valence-electron chi connectivity index (χ1n) is 6.41. The first kappa shape index (κ1) is 13.1. The molecule has 1 aromatic carbocycles. The van der Waals surface area contributed by atoms with Gasteiger partial charge >= 0.3 is 0 Å². The second kappa shape index (κ2) is 5.63. The van der Waals surface area contributed by atoms with Crippen LogP contribution in [0.15, 0.2) is 24.3 Å². The van der Waals surface area contributed by atoms with Crippen molar-refractivity contribution in [2.75, 3.05) is 26.2 Å². The predicted octanol–water partition coefficient (Wildman–Crippen LogP) is 2.95. The number of nitrogens with zero attached hydrogens (tertiary/aromatic N) is 2. The van der Waals surface area contributed by atoms with Crippen LogP contribution in [0.3, 0.4) is 0 Å². The topological polar surface area (TPSA) is 28.2 Å². The average Bonchev–Trinajstić information content (AvgIpc) is 2.43. The number of pyridine rings is 1. The zero-order valence-electron chi connectivity index (χ0n) is 10.5. The minimum absolute atomic E-state index is 0.499. The van der Waals surface area contributed by atoms with E-state index in [9.17, 15) is 0 Å². The molecule has 0 unspecified atom stereocenters. The van der Waals surface area contributed by atoms with Crippen LogP contribution >= 0.6 is 23.2 Å². The molecule has 1 aliphatic rings. The standard InChI is InChI=1S/C14H15Cl2N3/c15-13-4-2-11-12(18-13)3-1-10(14(11)16)9-19-7-5-17-6-8-19/h1-4,17H,5-9H2. The fraction of sp³-hybridized carbons (Fsp3) is 0.357. The summed E-state index contributed by atoms with van der Waals surface area (Å²) >= 11 is 12.4. The van der Waals surface area contributed by atoms with E-state index < -0.39 is 0 Å². The Bertz CT molecular complexity index is 595. The summed E-state index contributed by atoms with van der Waals surface area (Å²) in [6, 6.07) is 7.76. The average molecular weight is 296 g/mol. The molecule has 5 heteroatoms. The maximum Gasteiger partial charge on any atom is 0.129 e. The second-order valence-electron chi connectivity index (χ2n) is 4.77. The highest BCUT2D eigenvalue weighted by Crippen LogP contribution is 2.28. The van der Waals surface area contributed by atoms with Crippen LogP contribution in [0.5, 0.6) is 0 Å². The van der Waals surface area contributed by atoms with E-state index in [-0.39, 0.29) is 0 Å². The van der Waals surface area contributed by atoms with E-state index in [0.717, 1.165) is 54.2 Å². The van der Waals surface area contributed by atoms with Crippen molar-refractivity contribution in [2.24, 2.45) is 0 Å². The van der Waals surface area contributed by atoms with Crippen molar-refractivity contribution in [1.29, 1.82) is 0 Å². The highest BCUT2D eigenvalue weighted by Gasteiger charge is 2.13. The van der Waals surface area contributed by atoms with E-state index in [2.05, 4.69) is 21.3 Å². The first-order valence-corrected chi connectivity index (χ1v) is 7.16. The molecule has 1 fully saturated rings. The molecule has 1 saturated heterocycles. The van der Waals surface area contributed by atoms with Gasteiger partial charge in [-0.2, -0.15) is 0 Å². The molecule has 1 aromatic heterocycles. The van der Waals surface area contributed by atoms with Crippen LogP contribution in [0, 0.1) is 0 Å². The van der Waals surface area contributed by atoms with Gasteiger partial charge in [0.05, 0.1) is 10.5 Å². The van der Waals surface area contributed by atoms with Gasteiger partial charge in [-0.15, -0.1) is 0 Å². The fourth-order valence-electron chi connectivity index (χ4n) is 2.42. The van der Waals surface area contributed by atoms with Crippen molar-refractivity contribution in [3.05, 3.63) is 40.0 Å². The Morgan fingerprint density at radius 1 is 1.11 bits per heavy atom. The van der Waals surface area contributed by atoms with Gasteiger partial charge in [-0.25, -0.2) is 4.98 Å². The minimum atomic E-state index is 0.499. The molecule has 0 amide bonds. The van der Waals surface area contributed by atoms with Crippen molar-refractivity contribution in [3.8, 4) is 0 Å². The number of fused-ring (bicyclic) bond motifs is 1. The summed E-state index contributed by atoms with van der Waals surface area (Å²) in [5.41, 5.74) is 2.00. The van der Waals surface area contributed by atoms with Crippen LogP contribution in [0.1, 0.15) is 5.56 Å². The zero-order valence-corrected chi connectivity index (χ0v) is 12.0. The molecule has 0 saturated carbocycles. The highest BCUT2D eigenvalue weighted by molar-refractivity contribution is 6.36. The molecular formula is C14H15Cl2N3. The Morgan fingerprint density at radius 3 is 2.68 bits per heavy atom. The van der Waals surface area contributed by atoms with Crippen molar-refractivity contribution >= 4 is 34.1 Å². The van der Waals surface area contributed by atoms with E-state index >= 15 is 0 Å². The minimum Gasteiger partial charge on any atom is -0.314 e. The number of hydrogen-bond acceptors (Lipinski definition) is 3. The molecule has 19 heavy (non-hydrogen) atoms. The summed E-state index contributed by atoms with van der Waals surface area (Å²) in [5, 5.41) is 5.61. The maximum atomic E-state index is 6.49. The molecule has 0 bridgehead atoms. The van der Waals surface area contributed by atoms with Crippen molar-refractivity contribution < 1.29 is 0 Å². The van der Waals surface area contributed by atoms with Gasteiger partial charge in [-0.05, 0) is 23.8 Å². The summed E-state index contributed by atoms with van der Waals surface area (Å²) in [7, 11) is 0. The van der Waals surface area contributed by atoms with Gasteiger partial charge < -0.3 is 5.32 Å². The van der Waals surface area contributed by atoms with E-state index in [4.69, 9.17) is 23.2 Å². The first-order chi connectivity index (χ1) is 9.24. The SMILES string of the molecule is Clc1ccc2c(Cl)c(CN3CCNCC3)ccc2n1. The normalized spacial score (nSPS) is 16.9. The predicted molar refractivity (Wildman–Crippen MR) is 79.9 cm³/mol. The molecule has 3 nitrogen and oxygen atoms in total. The number of rotatable bonds is 2. The molecule has 1 N–H and O–H groups in total. The number of hydrogen-bond donors (Lipinski definition) is 1. The molecule has 100 valence electrons. The summed E-state index contributed by atoms with van der Waals surface area (Å²) in [5.74, 6) is 0. The van der Waals surface area contributed by atoms with Crippen molar-refractivity contribution in [2.45, 2.75) is 6.54 Å². The smallest absolute Gasteiger partial charge is 0.129 e. The van der Waals surface area contributed by atoms with Crippen LogP contribution in [0.4, 0.5) is 0 Å². The summed E-state index contributed by atoms with van der Waals surface area (Å²) in [6.45, 7) is 5.10. The molecule has 0 radical (unpaired) electrons. The van der Waals surface area contributed by atoms with Crippen molar-refractivity contribution in [1.82, 2.24) is 15.2 Å². The van der Waals surface area contributed by atoms with Gasteiger partial charge in [0.25, 0.3) is 0 Å². The van der Waals surface area contributed by atoms with Gasteiger partial charge in [-0.3, -0.25) is 4.90 Å². The number of halogens is 2. The highest BCUT2D eigenvalue weighted by atomic mass is 35.5. The number of benzene rings is 1. The second-order valence-corrected chi connectivity index (χ2v) is 5.53. The van der Waals surface area contributed by atoms with Crippen LogP contribution in [-0.2, 0) is 6.54 Å². The Balaban J connectivity index is 1.91. The number of nitrogens with one attached hydrogen (secondary N) is 1. The number of aromatic nitrogens is 1. The molecule has 0 aliphatic carbocycles. The van der Waals surface area contributed by atoms with E-state index in [1.807, 2.05) is 12.1 Å². The van der Waals surface area contributed by atoms with Crippen LogP contribution in [0.2, 0.25) is 10.2 Å². The van der Waals surface area contributed by atoms with Gasteiger partial charge in [0, 0.05) is 38.1 Å². The van der Waals surface area contributed by atoms with Crippen LogP contribution in [-0.4, -0.2) is 36.1 Å². The third kappa shape index (κ3) is 2.84. The molecule has 2 aromatic rings. The molecular weight excluding hydrogens is 281 g/mol. The lowest BCUT2D eigenvalue weighted by molar-refractivity contribution is 0.233. The molecule has 2 heterocycles. The molecule has 1 aliphatic heterocycles. The van der Waals surface area contributed by atoms with E-state index in [1.165, 1.54) is 0 Å². The van der Waals surface area contributed by atoms with Crippen LogP contribution < -0.4 is 5.32 Å². The monoisotopic (exact) mass is 295 g/mol. The quantitative estimate of drug-likeness (QED) is 0.864.